The highest BCUT2D eigenvalue weighted by atomic mass is 19.1. The number of halogens is 1. The van der Waals surface area contributed by atoms with Gasteiger partial charge in [-0.25, -0.2) is 9.18 Å². The monoisotopic (exact) mass is 326 g/mol. The summed E-state index contributed by atoms with van der Waals surface area (Å²) in [4.78, 5) is 24.1. The van der Waals surface area contributed by atoms with E-state index in [9.17, 15) is 14.0 Å². The number of esters is 1. The predicted octanol–water partition coefficient (Wildman–Crippen LogP) is 4.68. The van der Waals surface area contributed by atoms with Gasteiger partial charge in [0.2, 0.25) is 0 Å². The van der Waals surface area contributed by atoms with Crippen LogP contribution in [0.1, 0.15) is 38.8 Å². The van der Waals surface area contributed by atoms with Crippen molar-refractivity contribution in [2.24, 2.45) is 0 Å². The molecule has 0 amide bonds. The van der Waals surface area contributed by atoms with E-state index < -0.39 is 17.6 Å². The van der Waals surface area contributed by atoms with E-state index in [4.69, 9.17) is 4.74 Å². The average molecular weight is 326 g/mol. The molecule has 0 aliphatic rings. The first kappa shape index (κ1) is 19.0. The number of ether oxygens (including phenoxy) is 1. The van der Waals surface area contributed by atoms with E-state index in [1.807, 2.05) is 0 Å². The van der Waals surface area contributed by atoms with E-state index in [0.29, 0.717) is 16.7 Å². The third-order valence-corrected chi connectivity index (χ3v) is 3.27. The van der Waals surface area contributed by atoms with Crippen LogP contribution >= 0.6 is 0 Å². The van der Waals surface area contributed by atoms with Crippen LogP contribution in [-0.4, -0.2) is 18.9 Å². The number of benzene rings is 2. The van der Waals surface area contributed by atoms with Crippen LogP contribution in [0.15, 0.2) is 62.2 Å². The molecule has 0 unspecified atom stereocenters. The van der Waals surface area contributed by atoms with Crippen LogP contribution < -0.4 is 0 Å². The Labute approximate surface area is 141 Å². The van der Waals surface area contributed by atoms with E-state index in [-0.39, 0.29) is 11.1 Å². The topological polar surface area (TPSA) is 43.4 Å². The molecular formula is C20H19FO3. The summed E-state index contributed by atoms with van der Waals surface area (Å²) >= 11 is 0. The number of methoxy groups -OCH3 is 1. The fourth-order valence-electron chi connectivity index (χ4n) is 2.13. The highest BCUT2D eigenvalue weighted by Crippen LogP contribution is 2.22. The summed E-state index contributed by atoms with van der Waals surface area (Å²) < 4.78 is 18.4. The van der Waals surface area contributed by atoms with Gasteiger partial charge in [-0.05, 0) is 36.8 Å². The molecule has 0 aliphatic carbocycles. The van der Waals surface area contributed by atoms with Crippen molar-refractivity contribution in [1.82, 2.24) is 0 Å². The van der Waals surface area contributed by atoms with E-state index in [1.165, 1.54) is 43.5 Å². The van der Waals surface area contributed by atoms with Gasteiger partial charge in [0.25, 0.3) is 0 Å². The fourth-order valence-corrected chi connectivity index (χ4v) is 2.13. The molecule has 0 aromatic heterocycles. The lowest BCUT2D eigenvalue weighted by atomic mass is 9.95. The summed E-state index contributed by atoms with van der Waals surface area (Å²) in [7, 11) is 1.28. The number of rotatable bonds is 4. The highest BCUT2D eigenvalue weighted by molar-refractivity contribution is 6.10. The number of carbonyl (C=O) groups excluding carboxylic acids is 2. The summed E-state index contributed by atoms with van der Waals surface area (Å²) in [6.45, 7) is 11.5. The first-order chi connectivity index (χ1) is 11.5. The summed E-state index contributed by atoms with van der Waals surface area (Å²) in [5.74, 6) is -1.54. The Morgan fingerprint density at radius 2 is 1.62 bits per heavy atom. The van der Waals surface area contributed by atoms with Crippen molar-refractivity contribution in [3.63, 3.8) is 0 Å². The van der Waals surface area contributed by atoms with E-state index in [2.05, 4.69) is 19.7 Å². The van der Waals surface area contributed by atoms with Crippen molar-refractivity contribution in [3.8, 4) is 0 Å². The summed E-state index contributed by atoms with van der Waals surface area (Å²) in [5.41, 5.74) is 1.72. The molecule has 3 nitrogen and oxygen atoms in total. The zero-order chi connectivity index (χ0) is 18.3. The van der Waals surface area contributed by atoms with Crippen LogP contribution in [0, 0.1) is 5.82 Å². The number of allylic oxidation sites excluding steroid dienone is 1. The van der Waals surface area contributed by atoms with Crippen molar-refractivity contribution in [1.29, 1.82) is 0 Å². The van der Waals surface area contributed by atoms with Gasteiger partial charge in [0, 0.05) is 5.56 Å². The van der Waals surface area contributed by atoms with Gasteiger partial charge >= 0.3 is 5.97 Å². The molecule has 0 saturated heterocycles. The molecule has 0 spiro atoms. The average Bonchev–Trinajstić information content (AvgIpc) is 2.62. The summed E-state index contributed by atoms with van der Waals surface area (Å²) in [5, 5.41) is 0. The lowest BCUT2D eigenvalue weighted by Crippen LogP contribution is -2.09. The number of hydrogen-bond donors (Lipinski definition) is 0. The molecule has 2 aromatic carbocycles. The zero-order valence-electron chi connectivity index (χ0n) is 13.8. The van der Waals surface area contributed by atoms with Gasteiger partial charge in [-0.1, -0.05) is 30.4 Å². The second-order valence-electron chi connectivity index (χ2n) is 4.84. The maximum atomic E-state index is 13.7. The molecule has 0 bridgehead atoms. The van der Waals surface area contributed by atoms with Crippen molar-refractivity contribution in [2.75, 3.05) is 7.11 Å². The largest absolute Gasteiger partial charge is 0.465 e. The van der Waals surface area contributed by atoms with Crippen molar-refractivity contribution in [2.45, 2.75) is 6.92 Å². The van der Waals surface area contributed by atoms with E-state index >= 15 is 0 Å². The maximum absolute atomic E-state index is 13.7. The van der Waals surface area contributed by atoms with Crippen molar-refractivity contribution < 1.29 is 18.7 Å². The van der Waals surface area contributed by atoms with Gasteiger partial charge in [0.05, 0.1) is 18.2 Å². The fraction of sp³-hybridized carbons (Fsp3) is 0.100. The summed E-state index contributed by atoms with van der Waals surface area (Å²) in [6, 6.07) is 10.3. The minimum atomic E-state index is -0.582. The Bertz CT molecular complexity index is 778. The molecular weight excluding hydrogens is 307 g/mol. The molecule has 2 rings (SSSR count). The molecule has 4 heteroatoms. The minimum Gasteiger partial charge on any atom is -0.465 e. The molecule has 0 aliphatic heterocycles. The Morgan fingerprint density at radius 1 is 1.00 bits per heavy atom. The molecule has 0 radical (unpaired) electrons. The van der Waals surface area contributed by atoms with Crippen LogP contribution in [0.25, 0.3) is 5.57 Å². The van der Waals surface area contributed by atoms with Gasteiger partial charge in [-0.2, -0.15) is 0 Å². The van der Waals surface area contributed by atoms with Crippen LogP contribution in [0.5, 0.6) is 0 Å². The summed E-state index contributed by atoms with van der Waals surface area (Å²) in [6.07, 6.45) is 0. The second-order valence-corrected chi connectivity index (χ2v) is 4.84. The molecule has 0 fully saturated rings. The molecule has 0 saturated carbocycles. The van der Waals surface area contributed by atoms with Crippen molar-refractivity contribution in [3.05, 3.63) is 90.3 Å². The number of ketones is 1. The first-order valence-electron chi connectivity index (χ1n) is 7.13. The van der Waals surface area contributed by atoms with Gasteiger partial charge in [-0.15, -0.1) is 13.2 Å². The van der Waals surface area contributed by atoms with Gasteiger partial charge < -0.3 is 4.74 Å². The molecule has 0 N–H and O–H groups in total. The SMILES string of the molecule is C=C.C=C(C)c1cc(C(=O)c2ccccc2F)ccc1C(=O)OC. The van der Waals surface area contributed by atoms with Crippen molar-refractivity contribution >= 4 is 17.3 Å². The standard InChI is InChI=1S/C18H15FO3.C2H4/c1-11(2)15-10-12(8-9-13(15)18(21)22-3)17(20)14-6-4-5-7-16(14)19;1-2/h4-10H,1H2,2-3H3;1-2H2. The lowest BCUT2D eigenvalue weighted by molar-refractivity contribution is 0.0600. The highest BCUT2D eigenvalue weighted by Gasteiger charge is 2.18. The molecule has 24 heavy (non-hydrogen) atoms. The zero-order valence-corrected chi connectivity index (χ0v) is 13.8. The minimum absolute atomic E-state index is 0.0130. The Hall–Kier alpha value is -3.01. The van der Waals surface area contributed by atoms with Crippen LogP contribution in [0.3, 0.4) is 0 Å². The second kappa shape index (κ2) is 8.58. The Kier molecular flexibility index (Phi) is 6.80. The van der Waals surface area contributed by atoms with Crippen LogP contribution in [-0.2, 0) is 4.74 Å². The molecule has 0 atom stereocenters. The molecule has 0 heterocycles. The van der Waals surface area contributed by atoms with Crippen LogP contribution in [0.2, 0.25) is 0 Å². The number of carbonyl (C=O) groups is 2. The molecule has 124 valence electrons. The van der Waals surface area contributed by atoms with E-state index in [0.717, 1.165) is 0 Å². The quantitative estimate of drug-likeness (QED) is 0.465. The Morgan fingerprint density at radius 3 is 2.17 bits per heavy atom. The lowest BCUT2D eigenvalue weighted by Gasteiger charge is -2.10. The van der Waals surface area contributed by atoms with Gasteiger partial charge in [0.15, 0.2) is 5.78 Å². The third kappa shape index (κ3) is 4.04. The smallest absolute Gasteiger partial charge is 0.338 e. The normalized spacial score (nSPS) is 9.46. The number of hydrogen-bond acceptors (Lipinski definition) is 3. The first-order valence-corrected chi connectivity index (χ1v) is 7.13. The Balaban J connectivity index is 0.00000139. The maximum Gasteiger partial charge on any atom is 0.338 e. The van der Waals surface area contributed by atoms with E-state index in [1.54, 1.807) is 13.0 Å². The van der Waals surface area contributed by atoms with Gasteiger partial charge in [-0.3, -0.25) is 4.79 Å². The predicted molar refractivity (Wildman–Crippen MR) is 93.6 cm³/mol. The third-order valence-electron chi connectivity index (χ3n) is 3.27. The van der Waals surface area contributed by atoms with Crippen LogP contribution in [0.4, 0.5) is 4.39 Å². The van der Waals surface area contributed by atoms with Gasteiger partial charge in [0.1, 0.15) is 5.82 Å². The molecule has 2 aromatic rings.